The Bertz CT molecular complexity index is 132. The summed E-state index contributed by atoms with van der Waals surface area (Å²) in [5, 5.41) is 0. The lowest BCUT2D eigenvalue weighted by molar-refractivity contribution is 0.887. The Morgan fingerprint density at radius 3 is 2.20 bits per heavy atom. The summed E-state index contributed by atoms with van der Waals surface area (Å²) >= 11 is 0. The first kappa shape index (κ1) is 9.41. The molecule has 1 heterocycles. The third-order valence-corrected chi connectivity index (χ3v) is 1.26. The first-order valence-corrected chi connectivity index (χ1v) is 4.01. The van der Waals surface area contributed by atoms with Crippen molar-refractivity contribution in [3.63, 3.8) is 0 Å². The van der Waals surface area contributed by atoms with E-state index in [-0.39, 0.29) is 0 Å². The summed E-state index contributed by atoms with van der Waals surface area (Å²) in [7, 11) is 0. The van der Waals surface area contributed by atoms with Gasteiger partial charge in [0.25, 0.3) is 0 Å². The zero-order chi connectivity index (χ0) is 7.98. The van der Waals surface area contributed by atoms with E-state index >= 15 is 0 Å². The molecule has 0 atom stereocenters. The quantitative estimate of drug-likeness (QED) is 0.529. The topological polar surface area (TPSA) is 12.4 Å². The van der Waals surface area contributed by atoms with Crippen molar-refractivity contribution >= 4 is 5.71 Å². The van der Waals surface area contributed by atoms with E-state index in [0.29, 0.717) is 5.92 Å². The summed E-state index contributed by atoms with van der Waals surface area (Å²) in [6.07, 6.45) is 4.19. The molecule has 0 saturated heterocycles. The molecule has 0 N–H and O–H groups in total. The highest BCUT2D eigenvalue weighted by Gasteiger charge is 2.02. The average molecular weight is 139 g/mol. The van der Waals surface area contributed by atoms with Gasteiger partial charge in [0.15, 0.2) is 0 Å². The maximum atomic E-state index is 4.24. The lowest BCUT2D eigenvalue weighted by Gasteiger charge is -1.98. The molecule has 1 nitrogen and oxygen atoms in total. The molecular weight excluding hydrogens is 122 g/mol. The molecule has 10 heavy (non-hydrogen) atoms. The Balaban J connectivity index is 0.000000371. The molecule has 0 saturated carbocycles. The Morgan fingerprint density at radius 2 is 2.00 bits per heavy atom. The number of allylic oxidation sites excluding steroid dienone is 1. The van der Waals surface area contributed by atoms with Crippen molar-refractivity contribution in [2.24, 2.45) is 10.9 Å². The van der Waals surface area contributed by atoms with Crippen LogP contribution in [0.25, 0.3) is 0 Å². The predicted octanol–water partition coefficient (Wildman–Crippen LogP) is 2.68. The zero-order valence-corrected chi connectivity index (χ0v) is 7.39. The maximum Gasteiger partial charge on any atom is 0.0577 e. The van der Waals surface area contributed by atoms with Gasteiger partial charge in [0.2, 0.25) is 0 Å². The van der Waals surface area contributed by atoms with Gasteiger partial charge in [0.05, 0.1) is 6.54 Å². The minimum atomic E-state index is 0.605. The van der Waals surface area contributed by atoms with Crippen molar-refractivity contribution in [2.75, 3.05) is 6.54 Å². The summed E-state index contributed by atoms with van der Waals surface area (Å²) in [6, 6.07) is 0. The van der Waals surface area contributed by atoms with E-state index in [9.17, 15) is 0 Å². The lowest BCUT2D eigenvalue weighted by Crippen LogP contribution is -2.00. The van der Waals surface area contributed by atoms with Crippen LogP contribution in [0.4, 0.5) is 0 Å². The third kappa shape index (κ3) is 2.81. The van der Waals surface area contributed by atoms with Crippen molar-refractivity contribution in [1.82, 2.24) is 0 Å². The van der Waals surface area contributed by atoms with Gasteiger partial charge in [-0.15, -0.1) is 0 Å². The van der Waals surface area contributed by atoms with E-state index in [0.717, 1.165) is 6.54 Å². The Morgan fingerprint density at radius 1 is 1.40 bits per heavy atom. The first-order valence-electron chi connectivity index (χ1n) is 4.01. The molecule has 0 bridgehead atoms. The van der Waals surface area contributed by atoms with Crippen LogP contribution in [0.15, 0.2) is 17.1 Å². The Labute approximate surface area is 63.9 Å². The Kier molecular flexibility index (Phi) is 4.91. The Hall–Kier alpha value is -0.590. The van der Waals surface area contributed by atoms with E-state index in [1.54, 1.807) is 0 Å². The molecule has 58 valence electrons. The number of hydrogen-bond donors (Lipinski definition) is 0. The smallest absolute Gasteiger partial charge is 0.0577 e. The van der Waals surface area contributed by atoms with Crippen molar-refractivity contribution < 1.29 is 0 Å². The second-order valence-electron chi connectivity index (χ2n) is 2.32. The van der Waals surface area contributed by atoms with E-state index < -0.39 is 0 Å². The minimum absolute atomic E-state index is 0.605. The van der Waals surface area contributed by atoms with E-state index in [1.807, 2.05) is 13.8 Å². The molecule has 1 aliphatic heterocycles. The molecular formula is C9H17N. The average Bonchev–Trinajstić information content (AvgIpc) is 2.42. The van der Waals surface area contributed by atoms with Gasteiger partial charge in [-0.3, -0.25) is 4.99 Å². The fourth-order valence-electron chi connectivity index (χ4n) is 0.759. The number of nitrogens with zero attached hydrogens (tertiary/aromatic N) is 1. The molecule has 0 aromatic rings. The lowest BCUT2D eigenvalue weighted by atomic mass is 10.1. The zero-order valence-electron chi connectivity index (χ0n) is 7.39. The van der Waals surface area contributed by atoms with Crippen molar-refractivity contribution in [3.05, 3.63) is 12.2 Å². The van der Waals surface area contributed by atoms with E-state index in [1.165, 1.54) is 5.71 Å². The maximum absolute atomic E-state index is 4.24. The molecule has 1 aliphatic rings. The van der Waals surface area contributed by atoms with Crippen LogP contribution in [0.2, 0.25) is 0 Å². The molecule has 0 fully saturated rings. The van der Waals surface area contributed by atoms with Crippen molar-refractivity contribution in [1.29, 1.82) is 0 Å². The molecule has 0 radical (unpaired) electrons. The van der Waals surface area contributed by atoms with Gasteiger partial charge in [0, 0.05) is 5.71 Å². The molecule has 0 aromatic carbocycles. The van der Waals surface area contributed by atoms with Gasteiger partial charge in [-0.1, -0.05) is 33.8 Å². The molecule has 0 aliphatic carbocycles. The first-order chi connectivity index (χ1) is 4.80. The van der Waals surface area contributed by atoms with Crippen LogP contribution in [0.3, 0.4) is 0 Å². The summed E-state index contributed by atoms with van der Waals surface area (Å²) in [5.74, 6) is 0.605. The molecule has 0 spiro atoms. The van der Waals surface area contributed by atoms with Gasteiger partial charge in [-0.2, -0.15) is 0 Å². The number of aliphatic imine (C=N–C) groups is 1. The van der Waals surface area contributed by atoms with E-state index in [2.05, 4.69) is 31.0 Å². The second kappa shape index (κ2) is 5.21. The van der Waals surface area contributed by atoms with Gasteiger partial charge in [-0.05, 0) is 12.0 Å². The summed E-state index contributed by atoms with van der Waals surface area (Å²) in [4.78, 5) is 4.24. The highest BCUT2D eigenvalue weighted by molar-refractivity contribution is 5.97. The minimum Gasteiger partial charge on any atom is -0.285 e. The molecule has 0 aromatic heterocycles. The van der Waals surface area contributed by atoms with Crippen LogP contribution in [0.1, 0.15) is 27.7 Å². The molecule has 0 unspecified atom stereocenters. The van der Waals surface area contributed by atoms with Crippen LogP contribution in [-0.4, -0.2) is 12.3 Å². The van der Waals surface area contributed by atoms with Crippen LogP contribution in [-0.2, 0) is 0 Å². The largest absolute Gasteiger partial charge is 0.285 e. The van der Waals surface area contributed by atoms with Crippen molar-refractivity contribution in [2.45, 2.75) is 27.7 Å². The fourth-order valence-corrected chi connectivity index (χ4v) is 0.759. The van der Waals surface area contributed by atoms with Crippen molar-refractivity contribution in [3.8, 4) is 0 Å². The van der Waals surface area contributed by atoms with Gasteiger partial charge >= 0.3 is 0 Å². The molecule has 1 rings (SSSR count). The van der Waals surface area contributed by atoms with Crippen LogP contribution in [0.5, 0.6) is 0 Å². The van der Waals surface area contributed by atoms with Crippen LogP contribution in [0, 0.1) is 5.92 Å². The molecule has 0 amide bonds. The van der Waals surface area contributed by atoms with Gasteiger partial charge in [-0.25, -0.2) is 0 Å². The third-order valence-electron chi connectivity index (χ3n) is 1.26. The van der Waals surface area contributed by atoms with Crippen LogP contribution < -0.4 is 0 Å². The van der Waals surface area contributed by atoms with Gasteiger partial charge in [0.1, 0.15) is 0 Å². The van der Waals surface area contributed by atoms with Gasteiger partial charge < -0.3 is 0 Å². The highest BCUT2D eigenvalue weighted by atomic mass is 14.7. The number of hydrogen-bond acceptors (Lipinski definition) is 1. The monoisotopic (exact) mass is 139 g/mol. The summed E-state index contributed by atoms with van der Waals surface area (Å²) in [5.41, 5.74) is 1.24. The van der Waals surface area contributed by atoms with E-state index in [4.69, 9.17) is 0 Å². The summed E-state index contributed by atoms with van der Waals surface area (Å²) < 4.78 is 0. The standard InChI is InChI=1S/C7H11N.C2H6/c1-6(2)7-4-3-5-8-7;1-2/h3-4,6H,5H2,1-2H3;1-2H3. The summed E-state index contributed by atoms with van der Waals surface area (Å²) in [6.45, 7) is 9.22. The SMILES string of the molecule is CC.CC(C)C1=NCC=C1. The highest BCUT2D eigenvalue weighted by Crippen LogP contribution is 2.03. The normalized spacial score (nSPS) is 14.7. The molecule has 1 heteroatoms. The second-order valence-corrected chi connectivity index (χ2v) is 2.32. The number of rotatable bonds is 1. The van der Waals surface area contributed by atoms with Crippen LogP contribution >= 0.6 is 0 Å². The fraction of sp³-hybridized carbons (Fsp3) is 0.667. The predicted molar refractivity (Wildman–Crippen MR) is 47.6 cm³/mol.